The molecule has 0 radical (unpaired) electrons. The zero-order chi connectivity index (χ0) is 13.7. The summed E-state index contributed by atoms with van der Waals surface area (Å²) in [6.07, 6.45) is 2.01. The number of hydrogen-bond acceptors (Lipinski definition) is 4. The van der Waals surface area contributed by atoms with E-state index in [0.717, 1.165) is 5.92 Å². The van der Waals surface area contributed by atoms with Gasteiger partial charge >= 0.3 is 0 Å². The van der Waals surface area contributed by atoms with Gasteiger partial charge in [0.15, 0.2) is 0 Å². The van der Waals surface area contributed by atoms with Crippen LogP contribution in [0.3, 0.4) is 0 Å². The molecular weight excluding hydrogens is 240 g/mol. The number of hydrogen-bond donors (Lipinski definition) is 2. The van der Waals surface area contributed by atoms with Crippen molar-refractivity contribution in [2.24, 2.45) is 5.92 Å². The third-order valence-electron chi connectivity index (χ3n) is 3.44. The Morgan fingerprint density at radius 2 is 2.21 bits per heavy atom. The number of aliphatic hydroxyl groups is 1. The van der Waals surface area contributed by atoms with Crippen LogP contribution in [-0.4, -0.2) is 30.4 Å². The van der Waals surface area contributed by atoms with Gasteiger partial charge in [-0.15, -0.1) is 0 Å². The van der Waals surface area contributed by atoms with Crippen molar-refractivity contribution in [3.8, 4) is 11.8 Å². The summed E-state index contributed by atoms with van der Waals surface area (Å²) in [4.78, 5) is 0. The first-order valence-corrected chi connectivity index (χ1v) is 6.74. The molecule has 1 saturated carbocycles. The Hall–Kier alpha value is -1.57. The highest BCUT2D eigenvalue weighted by Gasteiger charge is 2.27. The van der Waals surface area contributed by atoms with Crippen molar-refractivity contribution < 1.29 is 9.84 Å². The number of ether oxygens (including phenoxy) is 1. The zero-order valence-electron chi connectivity index (χ0n) is 11.2. The first kappa shape index (κ1) is 13.9. The van der Waals surface area contributed by atoms with Crippen LogP contribution in [0.15, 0.2) is 24.3 Å². The highest BCUT2D eigenvalue weighted by molar-refractivity contribution is 5.42. The van der Waals surface area contributed by atoms with E-state index in [-0.39, 0.29) is 6.61 Å². The summed E-state index contributed by atoms with van der Waals surface area (Å²) in [6, 6.07) is 9.58. The average Bonchev–Trinajstić information content (AvgIpc) is 3.27. The molecule has 0 amide bonds. The Morgan fingerprint density at radius 1 is 1.47 bits per heavy atom. The zero-order valence-corrected chi connectivity index (χ0v) is 11.2. The van der Waals surface area contributed by atoms with Crippen molar-refractivity contribution in [1.82, 2.24) is 5.32 Å². The van der Waals surface area contributed by atoms with E-state index >= 15 is 0 Å². The molecule has 0 heterocycles. The van der Waals surface area contributed by atoms with Crippen LogP contribution in [-0.2, 0) is 0 Å². The number of nitrogens with one attached hydrogen (secondary N) is 1. The van der Waals surface area contributed by atoms with Gasteiger partial charge in [0, 0.05) is 12.6 Å². The Kier molecular flexibility index (Phi) is 4.78. The van der Waals surface area contributed by atoms with Crippen LogP contribution in [0.4, 0.5) is 0 Å². The Labute approximate surface area is 114 Å². The van der Waals surface area contributed by atoms with Crippen molar-refractivity contribution in [3.63, 3.8) is 0 Å². The fraction of sp³-hybridized carbons (Fsp3) is 0.533. The van der Waals surface area contributed by atoms with E-state index in [2.05, 4.69) is 18.3 Å². The first-order valence-electron chi connectivity index (χ1n) is 6.74. The molecule has 4 heteroatoms. The van der Waals surface area contributed by atoms with E-state index in [1.165, 1.54) is 12.8 Å². The number of nitriles is 1. The summed E-state index contributed by atoms with van der Waals surface area (Å²) < 4.78 is 5.49. The molecule has 1 aromatic rings. The minimum atomic E-state index is -0.562. The van der Waals surface area contributed by atoms with Crippen molar-refractivity contribution in [2.45, 2.75) is 31.9 Å². The molecule has 0 aromatic heterocycles. The maximum atomic E-state index is 9.85. The summed E-state index contributed by atoms with van der Waals surface area (Å²) in [5.41, 5.74) is 0.494. The topological polar surface area (TPSA) is 65.3 Å². The highest BCUT2D eigenvalue weighted by Crippen LogP contribution is 2.32. The van der Waals surface area contributed by atoms with E-state index in [0.29, 0.717) is 23.9 Å². The second-order valence-electron chi connectivity index (χ2n) is 5.11. The van der Waals surface area contributed by atoms with E-state index in [9.17, 15) is 5.11 Å². The summed E-state index contributed by atoms with van der Waals surface area (Å²) >= 11 is 0. The highest BCUT2D eigenvalue weighted by atomic mass is 16.5. The lowest BCUT2D eigenvalue weighted by atomic mass is 10.2. The van der Waals surface area contributed by atoms with Crippen LogP contribution in [0, 0.1) is 17.2 Å². The maximum absolute atomic E-state index is 9.85. The smallest absolute Gasteiger partial charge is 0.137 e. The predicted octanol–water partition coefficient (Wildman–Crippen LogP) is 1.69. The molecule has 0 bridgehead atoms. The van der Waals surface area contributed by atoms with Gasteiger partial charge in [-0.05, 0) is 37.8 Å². The van der Waals surface area contributed by atoms with Gasteiger partial charge in [0.25, 0.3) is 0 Å². The molecule has 2 rings (SSSR count). The van der Waals surface area contributed by atoms with Crippen LogP contribution >= 0.6 is 0 Å². The lowest BCUT2D eigenvalue weighted by Gasteiger charge is -2.17. The van der Waals surface area contributed by atoms with Crippen LogP contribution < -0.4 is 10.1 Å². The van der Waals surface area contributed by atoms with Crippen molar-refractivity contribution in [1.29, 1.82) is 5.26 Å². The van der Waals surface area contributed by atoms with Gasteiger partial charge in [0.1, 0.15) is 24.5 Å². The fourth-order valence-corrected chi connectivity index (χ4v) is 2.01. The summed E-state index contributed by atoms with van der Waals surface area (Å²) in [6.45, 7) is 2.87. The molecule has 2 unspecified atom stereocenters. The van der Waals surface area contributed by atoms with Gasteiger partial charge in [-0.1, -0.05) is 12.1 Å². The van der Waals surface area contributed by atoms with Gasteiger partial charge in [-0.3, -0.25) is 0 Å². The normalized spacial score (nSPS) is 17.5. The molecule has 4 nitrogen and oxygen atoms in total. The second kappa shape index (κ2) is 6.55. The molecule has 2 atom stereocenters. The first-order chi connectivity index (χ1) is 9.20. The molecule has 0 aliphatic heterocycles. The summed E-state index contributed by atoms with van der Waals surface area (Å²) in [7, 11) is 0. The van der Waals surface area contributed by atoms with Gasteiger partial charge in [0.2, 0.25) is 0 Å². The van der Waals surface area contributed by atoms with Crippen LogP contribution in [0.25, 0.3) is 0 Å². The molecule has 0 saturated heterocycles. The van der Waals surface area contributed by atoms with Crippen molar-refractivity contribution in [3.05, 3.63) is 29.8 Å². The standard InChI is InChI=1S/C15H20N2O2/c1-11(12-6-7-12)17-9-14(18)10-19-15-5-3-2-4-13(15)8-16/h2-5,11-12,14,17-18H,6-7,9-10H2,1H3. The molecule has 1 aliphatic carbocycles. The van der Waals surface area contributed by atoms with E-state index in [4.69, 9.17) is 10.00 Å². The lowest BCUT2D eigenvalue weighted by molar-refractivity contribution is 0.103. The maximum Gasteiger partial charge on any atom is 0.137 e. The third-order valence-corrected chi connectivity index (χ3v) is 3.44. The SMILES string of the molecule is CC(NCC(O)COc1ccccc1C#N)C1CC1. The number of rotatable bonds is 7. The molecule has 1 aromatic carbocycles. The predicted molar refractivity (Wildman–Crippen MR) is 72.8 cm³/mol. The lowest BCUT2D eigenvalue weighted by Crippen LogP contribution is -2.37. The van der Waals surface area contributed by atoms with Crippen molar-refractivity contribution in [2.75, 3.05) is 13.2 Å². The quantitative estimate of drug-likeness (QED) is 0.783. The molecule has 102 valence electrons. The monoisotopic (exact) mass is 260 g/mol. The Morgan fingerprint density at radius 3 is 2.89 bits per heavy atom. The van der Waals surface area contributed by atoms with Crippen LogP contribution in [0.2, 0.25) is 0 Å². The molecule has 1 aliphatic rings. The van der Waals surface area contributed by atoms with Gasteiger partial charge in [-0.25, -0.2) is 0 Å². The minimum Gasteiger partial charge on any atom is -0.489 e. The van der Waals surface area contributed by atoms with Gasteiger partial charge < -0.3 is 15.2 Å². The molecular formula is C15H20N2O2. The second-order valence-corrected chi connectivity index (χ2v) is 5.11. The fourth-order valence-electron chi connectivity index (χ4n) is 2.01. The number of para-hydroxylation sites is 1. The van der Waals surface area contributed by atoms with Crippen molar-refractivity contribution >= 4 is 0 Å². The molecule has 1 fully saturated rings. The largest absolute Gasteiger partial charge is 0.489 e. The Balaban J connectivity index is 1.73. The molecule has 0 spiro atoms. The van der Waals surface area contributed by atoms with Crippen LogP contribution in [0.5, 0.6) is 5.75 Å². The third kappa shape index (κ3) is 4.23. The molecule has 2 N–H and O–H groups in total. The molecule has 19 heavy (non-hydrogen) atoms. The number of aliphatic hydroxyl groups excluding tert-OH is 1. The van der Waals surface area contributed by atoms with Crippen LogP contribution in [0.1, 0.15) is 25.3 Å². The van der Waals surface area contributed by atoms with Gasteiger partial charge in [0.05, 0.1) is 5.56 Å². The number of benzene rings is 1. The average molecular weight is 260 g/mol. The summed E-state index contributed by atoms with van der Waals surface area (Å²) in [5.74, 6) is 1.30. The van der Waals surface area contributed by atoms with E-state index in [1.807, 2.05) is 6.07 Å². The van der Waals surface area contributed by atoms with E-state index in [1.54, 1.807) is 18.2 Å². The Bertz CT molecular complexity index is 452. The minimum absolute atomic E-state index is 0.197. The number of nitrogens with zero attached hydrogens (tertiary/aromatic N) is 1. The van der Waals surface area contributed by atoms with Gasteiger partial charge in [-0.2, -0.15) is 5.26 Å². The summed E-state index contributed by atoms with van der Waals surface area (Å²) in [5, 5.41) is 22.1. The van der Waals surface area contributed by atoms with E-state index < -0.39 is 6.10 Å².